The molecule has 2 aliphatic heterocycles. The Kier molecular flexibility index (Phi) is 7.71. The van der Waals surface area contributed by atoms with Crippen LogP contribution in [0.25, 0.3) is 0 Å². The molecule has 1 amide bonds. The Morgan fingerprint density at radius 2 is 1.52 bits per heavy atom. The highest BCUT2D eigenvalue weighted by molar-refractivity contribution is 7.89. The molecule has 2 aliphatic rings. The van der Waals surface area contributed by atoms with Crippen LogP contribution in [0.4, 0.5) is 0 Å². The number of nitrogens with one attached hydrogen (secondary N) is 1. The quantitative estimate of drug-likeness (QED) is 0.687. The summed E-state index contributed by atoms with van der Waals surface area (Å²) in [6, 6.07) is 6.33. The second kappa shape index (κ2) is 10.0. The van der Waals surface area contributed by atoms with Crippen molar-refractivity contribution in [3.8, 4) is 0 Å². The van der Waals surface area contributed by atoms with Crippen molar-refractivity contribution in [1.29, 1.82) is 0 Å². The first-order chi connectivity index (χ1) is 13.9. The van der Waals surface area contributed by atoms with Crippen LogP contribution in [0.3, 0.4) is 0 Å². The number of likely N-dealkylation sites (tertiary alicyclic amines) is 1. The van der Waals surface area contributed by atoms with Gasteiger partial charge in [-0.25, -0.2) is 8.42 Å². The Morgan fingerprint density at radius 3 is 2.10 bits per heavy atom. The fourth-order valence-electron chi connectivity index (χ4n) is 4.04. The monoisotopic (exact) mass is 421 g/mol. The van der Waals surface area contributed by atoms with Crippen molar-refractivity contribution < 1.29 is 13.2 Å². The summed E-state index contributed by atoms with van der Waals surface area (Å²) in [5, 5.41) is 2.95. The molecule has 2 fully saturated rings. The number of rotatable bonds is 7. The smallest absolute Gasteiger partial charge is 0.251 e. The van der Waals surface area contributed by atoms with Gasteiger partial charge in [-0.2, -0.15) is 4.31 Å². The molecule has 0 bridgehead atoms. The summed E-state index contributed by atoms with van der Waals surface area (Å²) in [4.78, 5) is 15.1. The summed E-state index contributed by atoms with van der Waals surface area (Å²) in [6.45, 7) is 9.56. The Balaban J connectivity index is 1.46. The third kappa shape index (κ3) is 6.03. The van der Waals surface area contributed by atoms with Gasteiger partial charge in [0, 0.05) is 25.2 Å². The average molecular weight is 422 g/mol. The lowest BCUT2D eigenvalue weighted by atomic mass is 9.99. The van der Waals surface area contributed by atoms with E-state index in [1.165, 1.54) is 12.8 Å². The third-order valence-electron chi connectivity index (χ3n) is 6.31. The van der Waals surface area contributed by atoms with Crippen LogP contribution in [0.5, 0.6) is 0 Å². The Morgan fingerprint density at radius 1 is 0.966 bits per heavy atom. The van der Waals surface area contributed by atoms with Crippen molar-refractivity contribution in [2.45, 2.75) is 50.8 Å². The van der Waals surface area contributed by atoms with Crippen molar-refractivity contribution in [2.24, 2.45) is 11.8 Å². The number of hydrogen-bond acceptors (Lipinski definition) is 4. The van der Waals surface area contributed by atoms with Crippen molar-refractivity contribution in [1.82, 2.24) is 14.5 Å². The summed E-state index contributed by atoms with van der Waals surface area (Å²) in [5.41, 5.74) is 0.503. The molecule has 7 heteroatoms. The number of hydrogen-bond donors (Lipinski definition) is 1. The van der Waals surface area contributed by atoms with Gasteiger partial charge in [0.25, 0.3) is 5.91 Å². The van der Waals surface area contributed by atoms with Crippen molar-refractivity contribution in [3.63, 3.8) is 0 Å². The largest absolute Gasteiger partial charge is 0.352 e. The number of carbonyl (C=O) groups excluding carboxylic acids is 1. The van der Waals surface area contributed by atoms with Crippen LogP contribution < -0.4 is 5.32 Å². The summed E-state index contributed by atoms with van der Waals surface area (Å²) in [7, 11) is -3.47. The Hall–Kier alpha value is -1.44. The fourth-order valence-corrected chi connectivity index (χ4v) is 5.51. The van der Waals surface area contributed by atoms with Gasteiger partial charge < -0.3 is 10.2 Å². The van der Waals surface area contributed by atoms with Crippen LogP contribution in [0, 0.1) is 11.8 Å². The minimum absolute atomic E-state index is 0.145. The van der Waals surface area contributed by atoms with Crippen molar-refractivity contribution >= 4 is 15.9 Å². The number of sulfonamides is 1. The van der Waals surface area contributed by atoms with Crippen LogP contribution in [-0.4, -0.2) is 62.8 Å². The van der Waals surface area contributed by atoms with Gasteiger partial charge in [0.2, 0.25) is 10.0 Å². The number of amides is 1. The highest BCUT2D eigenvalue weighted by Gasteiger charge is 2.28. The number of piperidine rings is 2. The van der Waals surface area contributed by atoms with Gasteiger partial charge in [-0.3, -0.25) is 4.79 Å². The molecule has 0 aliphatic carbocycles. The van der Waals surface area contributed by atoms with E-state index in [4.69, 9.17) is 0 Å². The molecule has 6 nitrogen and oxygen atoms in total. The van der Waals surface area contributed by atoms with Gasteiger partial charge in [-0.1, -0.05) is 13.8 Å². The van der Waals surface area contributed by atoms with Crippen LogP contribution in [0.2, 0.25) is 0 Å². The van der Waals surface area contributed by atoms with E-state index in [0.717, 1.165) is 44.8 Å². The van der Waals surface area contributed by atoms with Crippen LogP contribution in [0.15, 0.2) is 29.2 Å². The first kappa shape index (κ1) is 22.2. The standard InChI is InChI=1S/C22H35N3O3S/c1-18-8-14-24(15-9-18)13-3-12-23-22(26)20-4-6-21(7-5-20)29(27,28)25-16-10-19(2)11-17-25/h4-7,18-19H,3,8-17H2,1-2H3,(H,23,26). The maximum absolute atomic E-state index is 12.8. The van der Waals surface area contributed by atoms with Crippen molar-refractivity contribution in [3.05, 3.63) is 29.8 Å². The molecular formula is C22H35N3O3S. The lowest BCUT2D eigenvalue weighted by Gasteiger charge is -2.30. The first-order valence-electron chi connectivity index (χ1n) is 11.0. The molecule has 0 saturated carbocycles. The molecule has 29 heavy (non-hydrogen) atoms. The molecule has 0 aromatic heterocycles. The zero-order valence-corrected chi connectivity index (χ0v) is 18.6. The zero-order valence-electron chi connectivity index (χ0n) is 17.8. The van der Waals surface area contributed by atoms with E-state index in [1.807, 2.05) is 0 Å². The second-order valence-electron chi connectivity index (χ2n) is 8.74. The first-order valence-corrected chi connectivity index (χ1v) is 12.4. The minimum Gasteiger partial charge on any atom is -0.352 e. The van der Waals surface area contributed by atoms with Gasteiger partial charge >= 0.3 is 0 Å². The van der Waals surface area contributed by atoms with E-state index in [2.05, 4.69) is 24.1 Å². The van der Waals surface area contributed by atoms with E-state index in [0.29, 0.717) is 31.1 Å². The topological polar surface area (TPSA) is 69.7 Å². The lowest BCUT2D eigenvalue weighted by Crippen LogP contribution is -2.37. The molecule has 0 spiro atoms. The van der Waals surface area contributed by atoms with Crippen LogP contribution in [0.1, 0.15) is 56.3 Å². The van der Waals surface area contributed by atoms with Gasteiger partial charge in [-0.05, 0) is 87.8 Å². The van der Waals surface area contributed by atoms with Crippen LogP contribution in [-0.2, 0) is 10.0 Å². The van der Waals surface area contributed by atoms with E-state index < -0.39 is 10.0 Å². The highest BCUT2D eigenvalue weighted by atomic mass is 32.2. The molecule has 3 rings (SSSR count). The SMILES string of the molecule is CC1CCN(CCCNC(=O)c2ccc(S(=O)(=O)N3CCC(C)CC3)cc2)CC1. The molecule has 0 atom stereocenters. The Bertz CT molecular complexity index is 763. The fraction of sp³-hybridized carbons (Fsp3) is 0.682. The molecular weight excluding hydrogens is 386 g/mol. The number of benzene rings is 1. The van der Waals surface area contributed by atoms with Gasteiger partial charge in [0.15, 0.2) is 0 Å². The predicted octanol–water partition coefficient (Wildman–Crippen LogP) is 2.96. The van der Waals surface area contributed by atoms with Gasteiger partial charge in [0.05, 0.1) is 4.90 Å². The summed E-state index contributed by atoms with van der Waals surface area (Å²) in [5.74, 6) is 1.26. The highest BCUT2D eigenvalue weighted by Crippen LogP contribution is 2.23. The number of carbonyl (C=O) groups is 1. The van der Waals surface area contributed by atoms with Crippen molar-refractivity contribution in [2.75, 3.05) is 39.3 Å². The molecule has 1 aromatic rings. The zero-order chi connectivity index (χ0) is 20.9. The minimum atomic E-state index is -3.47. The average Bonchev–Trinajstić information content (AvgIpc) is 2.73. The molecule has 2 saturated heterocycles. The van der Waals surface area contributed by atoms with E-state index >= 15 is 0 Å². The third-order valence-corrected chi connectivity index (χ3v) is 8.22. The number of nitrogens with zero attached hydrogens (tertiary/aromatic N) is 2. The second-order valence-corrected chi connectivity index (χ2v) is 10.7. The molecule has 0 unspecified atom stereocenters. The molecule has 2 heterocycles. The summed E-state index contributed by atoms with van der Waals surface area (Å²) >= 11 is 0. The summed E-state index contributed by atoms with van der Waals surface area (Å²) < 4.78 is 27.1. The molecule has 1 N–H and O–H groups in total. The van der Waals surface area contributed by atoms with E-state index in [9.17, 15) is 13.2 Å². The van der Waals surface area contributed by atoms with Crippen LogP contribution >= 0.6 is 0 Å². The van der Waals surface area contributed by atoms with Gasteiger partial charge in [-0.15, -0.1) is 0 Å². The normalized spacial score (nSPS) is 20.6. The predicted molar refractivity (Wildman–Crippen MR) is 115 cm³/mol. The maximum Gasteiger partial charge on any atom is 0.251 e. The van der Waals surface area contributed by atoms with Gasteiger partial charge in [0.1, 0.15) is 0 Å². The maximum atomic E-state index is 12.8. The molecule has 0 radical (unpaired) electrons. The summed E-state index contributed by atoms with van der Waals surface area (Å²) in [6.07, 6.45) is 5.25. The molecule has 1 aromatic carbocycles. The molecule has 162 valence electrons. The lowest BCUT2D eigenvalue weighted by molar-refractivity contribution is 0.0950. The Labute approximate surface area is 175 Å². The van der Waals surface area contributed by atoms with E-state index in [1.54, 1.807) is 28.6 Å². The van der Waals surface area contributed by atoms with E-state index in [-0.39, 0.29) is 10.8 Å².